The topological polar surface area (TPSA) is 89.6 Å². The molecule has 33 heavy (non-hydrogen) atoms. The zero-order valence-corrected chi connectivity index (χ0v) is 18.9. The van der Waals surface area contributed by atoms with Gasteiger partial charge in [0.15, 0.2) is 0 Å². The zero-order chi connectivity index (χ0) is 23.8. The van der Waals surface area contributed by atoms with Gasteiger partial charge in [0, 0.05) is 16.7 Å². The lowest BCUT2D eigenvalue weighted by molar-refractivity contribution is -0.117. The smallest absolute Gasteiger partial charge is 0.337 e. The molecule has 0 saturated heterocycles. The number of methoxy groups -OCH3 is 2. The van der Waals surface area contributed by atoms with Crippen LogP contribution in [-0.4, -0.2) is 44.2 Å². The van der Waals surface area contributed by atoms with Crippen molar-refractivity contribution in [2.24, 2.45) is 0 Å². The molecule has 7 heteroatoms. The third kappa shape index (κ3) is 5.76. The highest BCUT2D eigenvalue weighted by molar-refractivity contribution is 5.95. The summed E-state index contributed by atoms with van der Waals surface area (Å²) in [6.07, 6.45) is 0. The molecule has 0 fully saturated rings. The number of esters is 1. The fraction of sp³-hybridized carbons (Fsp3) is 0.192. The number of nitrogens with zero attached hydrogens (tertiary/aromatic N) is 1. The minimum absolute atomic E-state index is 0.218. The number of hydrogen-bond donors (Lipinski definition) is 2. The Labute approximate surface area is 193 Å². The molecule has 0 spiro atoms. The summed E-state index contributed by atoms with van der Waals surface area (Å²) in [4.78, 5) is 29.0. The van der Waals surface area contributed by atoms with Crippen LogP contribution in [0.3, 0.4) is 0 Å². The van der Waals surface area contributed by atoms with E-state index in [2.05, 4.69) is 27.5 Å². The third-order valence-electron chi connectivity index (χ3n) is 4.98. The summed E-state index contributed by atoms with van der Waals surface area (Å²) >= 11 is 0. The number of carbonyl (C=O) groups excluding carboxylic acids is 2. The average molecular weight is 444 g/mol. The highest BCUT2D eigenvalue weighted by Gasteiger charge is 2.17. The summed E-state index contributed by atoms with van der Waals surface area (Å²) < 4.78 is 10.4. The standard InChI is InChI=1S/C26H25N3O4/c1-17(27-2)25(30)29-24-15-12-20(22(28-24)13-10-18-8-6-5-7-9-18)21-16-19(26(31)33-4)11-14-23(21)32-3/h5-9,11-12,14-17,27H,1-4H3,(H,28,29,30). The summed E-state index contributed by atoms with van der Waals surface area (Å²) in [5.74, 6) is 6.43. The number of pyridine rings is 1. The Morgan fingerprint density at radius 1 is 0.970 bits per heavy atom. The first-order valence-corrected chi connectivity index (χ1v) is 10.3. The molecular formula is C26H25N3O4. The van der Waals surface area contributed by atoms with Crippen molar-refractivity contribution in [2.45, 2.75) is 13.0 Å². The van der Waals surface area contributed by atoms with Crippen molar-refractivity contribution in [2.75, 3.05) is 26.6 Å². The summed E-state index contributed by atoms with van der Waals surface area (Å²) in [7, 11) is 4.58. The summed E-state index contributed by atoms with van der Waals surface area (Å²) in [5.41, 5.74) is 2.90. The lowest BCUT2D eigenvalue weighted by atomic mass is 10.00. The lowest BCUT2D eigenvalue weighted by Crippen LogP contribution is -2.35. The normalized spacial score (nSPS) is 11.0. The van der Waals surface area contributed by atoms with Crippen molar-refractivity contribution in [1.29, 1.82) is 0 Å². The van der Waals surface area contributed by atoms with E-state index in [1.165, 1.54) is 7.11 Å². The number of benzene rings is 2. The molecule has 0 radical (unpaired) electrons. The Morgan fingerprint density at radius 2 is 1.73 bits per heavy atom. The molecule has 0 aliphatic carbocycles. The predicted molar refractivity (Wildman–Crippen MR) is 127 cm³/mol. The summed E-state index contributed by atoms with van der Waals surface area (Å²) in [5, 5.41) is 5.68. The van der Waals surface area contributed by atoms with Gasteiger partial charge in [-0.15, -0.1) is 0 Å². The van der Waals surface area contributed by atoms with Gasteiger partial charge in [-0.25, -0.2) is 9.78 Å². The van der Waals surface area contributed by atoms with E-state index in [1.807, 2.05) is 30.3 Å². The Morgan fingerprint density at radius 3 is 2.39 bits per heavy atom. The minimum atomic E-state index is -0.464. The van der Waals surface area contributed by atoms with Gasteiger partial charge in [-0.1, -0.05) is 24.1 Å². The molecule has 0 saturated carbocycles. The number of rotatable bonds is 6. The van der Waals surface area contributed by atoms with Gasteiger partial charge >= 0.3 is 5.97 Å². The molecule has 1 aromatic heterocycles. The molecule has 1 amide bonds. The van der Waals surface area contributed by atoms with E-state index in [-0.39, 0.29) is 11.9 Å². The van der Waals surface area contributed by atoms with Crippen molar-refractivity contribution in [3.63, 3.8) is 0 Å². The second-order valence-corrected chi connectivity index (χ2v) is 7.11. The first-order chi connectivity index (χ1) is 16.0. The highest BCUT2D eigenvalue weighted by Crippen LogP contribution is 2.33. The number of ether oxygens (including phenoxy) is 2. The Bertz CT molecular complexity index is 1210. The van der Waals surface area contributed by atoms with Crippen LogP contribution in [0.15, 0.2) is 60.7 Å². The maximum atomic E-state index is 12.3. The predicted octanol–water partition coefficient (Wildman–Crippen LogP) is 3.49. The number of hydrogen-bond acceptors (Lipinski definition) is 6. The van der Waals surface area contributed by atoms with E-state index in [9.17, 15) is 9.59 Å². The van der Waals surface area contributed by atoms with E-state index in [4.69, 9.17) is 9.47 Å². The van der Waals surface area contributed by atoms with Crippen LogP contribution in [0.1, 0.15) is 28.5 Å². The van der Waals surface area contributed by atoms with Crippen molar-refractivity contribution in [1.82, 2.24) is 10.3 Å². The van der Waals surface area contributed by atoms with Gasteiger partial charge in [0.25, 0.3) is 0 Å². The minimum Gasteiger partial charge on any atom is -0.496 e. The van der Waals surface area contributed by atoms with Crippen LogP contribution in [-0.2, 0) is 9.53 Å². The number of aromatic nitrogens is 1. The van der Waals surface area contributed by atoms with Crippen LogP contribution in [0, 0.1) is 11.8 Å². The molecule has 0 aliphatic rings. The van der Waals surface area contributed by atoms with E-state index >= 15 is 0 Å². The van der Waals surface area contributed by atoms with Crippen molar-refractivity contribution in [3.8, 4) is 28.7 Å². The van der Waals surface area contributed by atoms with Gasteiger partial charge < -0.3 is 20.1 Å². The van der Waals surface area contributed by atoms with Gasteiger partial charge in [-0.05, 0) is 62.4 Å². The second kappa shape index (κ2) is 10.9. The zero-order valence-electron chi connectivity index (χ0n) is 18.9. The van der Waals surface area contributed by atoms with E-state index in [0.29, 0.717) is 34.0 Å². The molecule has 168 valence electrons. The van der Waals surface area contributed by atoms with E-state index in [1.54, 1.807) is 51.4 Å². The molecule has 0 bridgehead atoms. The molecule has 1 unspecified atom stereocenters. The van der Waals surface area contributed by atoms with Gasteiger partial charge in [-0.3, -0.25) is 4.79 Å². The van der Waals surface area contributed by atoms with Crippen LogP contribution in [0.4, 0.5) is 5.82 Å². The quantitative estimate of drug-likeness (QED) is 0.448. The molecule has 3 aromatic rings. The Kier molecular flexibility index (Phi) is 7.79. The summed E-state index contributed by atoms with van der Waals surface area (Å²) in [6, 6.07) is 17.6. The fourth-order valence-corrected chi connectivity index (χ4v) is 3.02. The monoisotopic (exact) mass is 443 g/mol. The molecule has 1 atom stereocenters. The number of likely N-dealkylation sites (N-methyl/N-ethyl adjacent to an activating group) is 1. The number of nitrogens with one attached hydrogen (secondary N) is 2. The Hall–Kier alpha value is -4.15. The summed E-state index contributed by atoms with van der Waals surface area (Å²) in [6.45, 7) is 1.75. The van der Waals surface area contributed by atoms with E-state index < -0.39 is 5.97 Å². The molecule has 2 N–H and O–H groups in total. The molecule has 3 rings (SSSR count). The molecule has 7 nitrogen and oxygen atoms in total. The number of amides is 1. The van der Waals surface area contributed by atoms with Gasteiger partial charge in [0.1, 0.15) is 17.3 Å². The van der Waals surface area contributed by atoms with Gasteiger partial charge in [0.2, 0.25) is 5.91 Å². The second-order valence-electron chi connectivity index (χ2n) is 7.11. The largest absolute Gasteiger partial charge is 0.496 e. The average Bonchev–Trinajstić information content (AvgIpc) is 2.86. The number of carbonyl (C=O) groups is 2. The van der Waals surface area contributed by atoms with Crippen LogP contribution >= 0.6 is 0 Å². The maximum absolute atomic E-state index is 12.3. The lowest BCUT2D eigenvalue weighted by Gasteiger charge is -2.14. The fourth-order valence-electron chi connectivity index (χ4n) is 3.02. The van der Waals surface area contributed by atoms with Crippen LogP contribution < -0.4 is 15.4 Å². The molecule has 2 aromatic carbocycles. The SMILES string of the molecule is CNC(C)C(=O)Nc1ccc(-c2cc(C(=O)OC)ccc2OC)c(C#Cc2ccccc2)n1. The van der Waals surface area contributed by atoms with Gasteiger partial charge in [-0.2, -0.15) is 0 Å². The van der Waals surface area contributed by atoms with Crippen molar-refractivity contribution in [3.05, 3.63) is 77.5 Å². The van der Waals surface area contributed by atoms with Crippen LogP contribution in [0.5, 0.6) is 5.75 Å². The van der Waals surface area contributed by atoms with Gasteiger partial charge in [0.05, 0.1) is 25.8 Å². The molecule has 0 aliphatic heterocycles. The maximum Gasteiger partial charge on any atom is 0.337 e. The number of anilines is 1. The Balaban J connectivity index is 2.14. The first-order valence-electron chi connectivity index (χ1n) is 10.3. The van der Waals surface area contributed by atoms with Crippen LogP contribution in [0.2, 0.25) is 0 Å². The van der Waals surface area contributed by atoms with E-state index in [0.717, 1.165) is 5.56 Å². The van der Waals surface area contributed by atoms with Crippen LogP contribution in [0.25, 0.3) is 11.1 Å². The highest BCUT2D eigenvalue weighted by atomic mass is 16.5. The molecular weight excluding hydrogens is 418 g/mol. The first kappa shape index (κ1) is 23.5. The van der Waals surface area contributed by atoms with Crippen molar-refractivity contribution < 1.29 is 19.1 Å². The molecule has 1 heterocycles. The van der Waals surface area contributed by atoms with Crippen molar-refractivity contribution >= 4 is 17.7 Å². The third-order valence-corrected chi connectivity index (χ3v) is 4.98.